The fraction of sp³-hybridized carbons (Fsp3) is 0.364. The van der Waals surface area contributed by atoms with E-state index in [0.29, 0.717) is 31.1 Å². The van der Waals surface area contributed by atoms with Gasteiger partial charge in [-0.1, -0.05) is 42.5 Å². The van der Waals surface area contributed by atoms with Crippen molar-refractivity contribution in [3.63, 3.8) is 0 Å². The number of urea groups is 1. The van der Waals surface area contributed by atoms with Gasteiger partial charge in [-0.2, -0.15) is 0 Å². The highest BCUT2D eigenvalue weighted by atomic mass is 32.1. The number of carbonyl (C=O) groups is 1. The van der Waals surface area contributed by atoms with Crippen LogP contribution in [0.5, 0.6) is 5.75 Å². The Hall–Kier alpha value is -2.80. The molecule has 1 aromatic heterocycles. The van der Waals surface area contributed by atoms with Crippen LogP contribution in [0.15, 0.2) is 42.5 Å². The molecule has 0 unspecified atom stereocenters. The zero-order chi connectivity index (χ0) is 20.2. The Balaban J connectivity index is 1.40. The van der Waals surface area contributed by atoms with Crippen LogP contribution in [0.25, 0.3) is 10.2 Å². The van der Waals surface area contributed by atoms with Gasteiger partial charge in [-0.25, -0.2) is 9.78 Å². The number of nitrogens with zero attached hydrogens (tertiary/aromatic N) is 3. The van der Waals surface area contributed by atoms with Crippen molar-refractivity contribution >= 4 is 38.4 Å². The van der Waals surface area contributed by atoms with E-state index >= 15 is 0 Å². The molecule has 4 rings (SSSR count). The van der Waals surface area contributed by atoms with E-state index in [-0.39, 0.29) is 6.03 Å². The summed E-state index contributed by atoms with van der Waals surface area (Å²) >= 11 is 1.73. The van der Waals surface area contributed by atoms with Gasteiger partial charge in [-0.15, -0.1) is 0 Å². The highest BCUT2D eigenvalue weighted by Gasteiger charge is 2.24. The lowest BCUT2D eigenvalue weighted by atomic mass is 10.1. The highest BCUT2D eigenvalue weighted by molar-refractivity contribution is 7.22. The first-order valence-corrected chi connectivity index (χ1v) is 10.9. The van der Waals surface area contributed by atoms with Gasteiger partial charge in [0.1, 0.15) is 5.75 Å². The van der Waals surface area contributed by atoms with Crippen LogP contribution in [0.1, 0.15) is 19.4 Å². The first kappa shape index (κ1) is 19.5. The fourth-order valence-electron chi connectivity index (χ4n) is 3.56. The number of aromatic nitrogens is 1. The number of aryl methyl sites for hydroxylation is 1. The van der Waals surface area contributed by atoms with Crippen molar-refractivity contribution < 1.29 is 9.53 Å². The van der Waals surface area contributed by atoms with Crippen molar-refractivity contribution in [3.8, 4) is 5.75 Å². The van der Waals surface area contributed by atoms with Crippen LogP contribution in [0.4, 0.5) is 15.6 Å². The molecule has 1 aliphatic heterocycles. The molecule has 3 aromatic rings. The predicted molar refractivity (Wildman–Crippen MR) is 119 cm³/mol. The van der Waals surface area contributed by atoms with Gasteiger partial charge in [0.15, 0.2) is 5.13 Å². The molecule has 29 heavy (non-hydrogen) atoms. The van der Waals surface area contributed by atoms with Gasteiger partial charge in [-0.05, 0) is 37.1 Å². The Morgan fingerprint density at radius 3 is 2.66 bits per heavy atom. The summed E-state index contributed by atoms with van der Waals surface area (Å²) in [4.78, 5) is 21.7. The lowest BCUT2D eigenvalue weighted by Gasteiger charge is -2.34. The smallest absolute Gasteiger partial charge is 0.322 e. The number of anilines is 2. The van der Waals surface area contributed by atoms with Crippen LogP contribution in [-0.2, 0) is 6.42 Å². The second kappa shape index (κ2) is 8.69. The van der Waals surface area contributed by atoms with Crippen molar-refractivity contribution in [1.82, 2.24) is 9.88 Å². The molecule has 1 saturated heterocycles. The Bertz CT molecular complexity index is 995. The van der Waals surface area contributed by atoms with Crippen LogP contribution < -0.4 is 15.0 Å². The van der Waals surface area contributed by atoms with Gasteiger partial charge in [-0.3, -0.25) is 0 Å². The number of piperazine rings is 1. The first-order chi connectivity index (χ1) is 14.2. The summed E-state index contributed by atoms with van der Waals surface area (Å²) in [5, 5.41) is 4.03. The molecule has 1 aliphatic rings. The summed E-state index contributed by atoms with van der Waals surface area (Å²) in [5.41, 5.74) is 3.11. The summed E-state index contributed by atoms with van der Waals surface area (Å²) in [5.74, 6) is 0.697. The first-order valence-electron chi connectivity index (χ1n) is 10.1. The second-order valence-electron chi connectivity index (χ2n) is 6.95. The van der Waals surface area contributed by atoms with E-state index in [2.05, 4.69) is 35.3 Å². The van der Waals surface area contributed by atoms with Crippen molar-refractivity contribution in [2.75, 3.05) is 43.0 Å². The van der Waals surface area contributed by atoms with Gasteiger partial charge in [0.25, 0.3) is 0 Å². The maximum absolute atomic E-state index is 12.7. The van der Waals surface area contributed by atoms with Crippen LogP contribution >= 0.6 is 11.3 Å². The standard InChI is InChI=1S/C22H26N4O2S/c1-3-16-8-7-11-19-20(16)24-22(29-19)26-14-12-25(13-15-26)21(27)23-17-9-5-6-10-18(17)28-4-2/h5-11H,3-4,12-15H2,1-2H3,(H,23,27). The Kier molecular flexibility index (Phi) is 5.85. The van der Waals surface area contributed by atoms with Crippen molar-refractivity contribution in [2.24, 2.45) is 0 Å². The number of nitrogens with one attached hydrogen (secondary N) is 1. The zero-order valence-corrected chi connectivity index (χ0v) is 17.7. The number of ether oxygens (including phenoxy) is 1. The normalized spacial score (nSPS) is 14.3. The highest BCUT2D eigenvalue weighted by Crippen LogP contribution is 2.31. The van der Waals surface area contributed by atoms with E-state index in [1.807, 2.05) is 36.1 Å². The van der Waals surface area contributed by atoms with Crippen LogP contribution in [-0.4, -0.2) is 48.7 Å². The Morgan fingerprint density at radius 2 is 1.90 bits per heavy atom. The number of thiazole rings is 1. The van der Waals surface area contributed by atoms with E-state index in [1.165, 1.54) is 10.3 Å². The van der Waals surface area contributed by atoms with Crippen LogP contribution in [0.3, 0.4) is 0 Å². The van der Waals surface area contributed by atoms with Gasteiger partial charge >= 0.3 is 6.03 Å². The summed E-state index contributed by atoms with van der Waals surface area (Å²) in [6.45, 7) is 7.55. The van der Waals surface area contributed by atoms with E-state index in [1.54, 1.807) is 11.3 Å². The molecule has 1 N–H and O–H groups in total. The summed E-state index contributed by atoms with van der Waals surface area (Å²) < 4.78 is 6.83. The minimum atomic E-state index is -0.0885. The molecule has 2 amide bonds. The number of hydrogen-bond donors (Lipinski definition) is 1. The maximum Gasteiger partial charge on any atom is 0.322 e. The number of amides is 2. The lowest BCUT2D eigenvalue weighted by molar-refractivity contribution is 0.208. The van der Waals surface area contributed by atoms with Gasteiger partial charge in [0, 0.05) is 26.2 Å². The number of rotatable bonds is 5. The van der Waals surface area contributed by atoms with Gasteiger partial charge < -0.3 is 19.9 Å². The largest absolute Gasteiger partial charge is 0.492 e. The Morgan fingerprint density at radius 1 is 1.10 bits per heavy atom. The minimum Gasteiger partial charge on any atom is -0.492 e. The molecule has 0 spiro atoms. The molecule has 7 heteroatoms. The number of fused-ring (bicyclic) bond motifs is 1. The van der Waals surface area contributed by atoms with E-state index in [4.69, 9.17) is 9.72 Å². The summed E-state index contributed by atoms with van der Waals surface area (Å²) in [7, 11) is 0. The van der Waals surface area contributed by atoms with Crippen molar-refractivity contribution in [2.45, 2.75) is 20.3 Å². The van der Waals surface area contributed by atoms with E-state index in [9.17, 15) is 4.79 Å². The van der Waals surface area contributed by atoms with Gasteiger partial charge in [0.2, 0.25) is 0 Å². The minimum absolute atomic E-state index is 0.0885. The average Bonchev–Trinajstić information content (AvgIpc) is 3.20. The second-order valence-corrected chi connectivity index (χ2v) is 7.96. The van der Waals surface area contributed by atoms with E-state index in [0.717, 1.165) is 30.2 Å². The molecule has 0 saturated carbocycles. The molecule has 0 radical (unpaired) electrons. The third-order valence-electron chi connectivity index (χ3n) is 5.14. The lowest BCUT2D eigenvalue weighted by Crippen LogP contribution is -2.50. The maximum atomic E-state index is 12.7. The quantitative estimate of drug-likeness (QED) is 0.667. The van der Waals surface area contributed by atoms with E-state index < -0.39 is 0 Å². The molecular formula is C22H26N4O2S. The number of para-hydroxylation sites is 3. The molecule has 152 valence electrons. The SMILES string of the molecule is CCOc1ccccc1NC(=O)N1CCN(c2nc3c(CC)cccc3s2)CC1. The fourth-order valence-corrected chi connectivity index (χ4v) is 4.63. The predicted octanol–water partition coefficient (Wildman–Crippen LogP) is 4.61. The summed E-state index contributed by atoms with van der Waals surface area (Å²) in [6, 6.07) is 13.8. The zero-order valence-electron chi connectivity index (χ0n) is 16.9. The van der Waals surface area contributed by atoms with Crippen molar-refractivity contribution in [1.29, 1.82) is 0 Å². The van der Waals surface area contributed by atoms with Crippen LogP contribution in [0, 0.1) is 0 Å². The van der Waals surface area contributed by atoms with Crippen LogP contribution in [0.2, 0.25) is 0 Å². The third kappa shape index (κ3) is 4.15. The molecule has 2 aromatic carbocycles. The van der Waals surface area contributed by atoms with Gasteiger partial charge in [0.05, 0.1) is 22.5 Å². The Labute approximate surface area is 175 Å². The molecule has 1 fully saturated rings. The molecular weight excluding hydrogens is 384 g/mol. The summed E-state index contributed by atoms with van der Waals surface area (Å²) in [6.07, 6.45) is 0.984. The number of benzene rings is 2. The molecule has 6 nitrogen and oxygen atoms in total. The molecule has 0 atom stereocenters. The monoisotopic (exact) mass is 410 g/mol. The molecule has 2 heterocycles. The average molecular weight is 411 g/mol. The molecule has 0 aliphatic carbocycles. The molecule has 0 bridgehead atoms. The third-order valence-corrected chi connectivity index (χ3v) is 6.22. The van der Waals surface area contributed by atoms with Crippen molar-refractivity contribution in [3.05, 3.63) is 48.0 Å². The number of hydrogen-bond acceptors (Lipinski definition) is 5. The number of carbonyl (C=O) groups excluding carboxylic acids is 1. The topological polar surface area (TPSA) is 57.7 Å².